The quantitative estimate of drug-likeness (QED) is 0.889. The molecular weight excluding hydrogens is 296 g/mol. The summed E-state index contributed by atoms with van der Waals surface area (Å²) in [5.74, 6) is -1.44. The van der Waals surface area contributed by atoms with Crippen molar-refractivity contribution in [2.24, 2.45) is 0 Å². The third-order valence-corrected chi connectivity index (χ3v) is 4.18. The summed E-state index contributed by atoms with van der Waals surface area (Å²) in [5, 5.41) is 11.2. The van der Waals surface area contributed by atoms with E-state index in [1.54, 1.807) is 13.8 Å². The number of halogens is 1. The lowest BCUT2D eigenvalue weighted by Gasteiger charge is -2.10. The van der Waals surface area contributed by atoms with Crippen molar-refractivity contribution in [3.8, 4) is 0 Å². The Bertz CT molecular complexity index is 419. The summed E-state index contributed by atoms with van der Waals surface area (Å²) in [7, 11) is 0. The number of aromatic nitrogens is 1. The Kier molecular flexibility index (Phi) is 4.43. The Morgan fingerprint density at radius 1 is 1.62 bits per heavy atom. The van der Waals surface area contributed by atoms with Crippen LogP contribution in [0.5, 0.6) is 0 Å². The van der Waals surface area contributed by atoms with Gasteiger partial charge in [0, 0.05) is 0 Å². The van der Waals surface area contributed by atoms with Crippen molar-refractivity contribution < 1.29 is 14.7 Å². The molecule has 2 N–H and O–H groups in total. The van der Waals surface area contributed by atoms with Crippen LogP contribution in [0.4, 0.5) is 0 Å². The minimum absolute atomic E-state index is 0.344. The van der Waals surface area contributed by atoms with E-state index in [0.717, 1.165) is 17.2 Å². The van der Waals surface area contributed by atoms with Crippen LogP contribution in [0.1, 0.15) is 28.7 Å². The minimum Gasteiger partial charge on any atom is -0.480 e. The van der Waals surface area contributed by atoms with Gasteiger partial charge in [-0.3, -0.25) is 4.79 Å². The topological polar surface area (TPSA) is 79.3 Å². The fourth-order valence-corrected chi connectivity index (χ4v) is 2.35. The fourth-order valence-electron chi connectivity index (χ4n) is 1.06. The van der Waals surface area contributed by atoms with Crippen LogP contribution in [0.3, 0.4) is 0 Å². The molecule has 0 aliphatic heterocycles. The van der Waals surface area contributed by atoms with Gasteiger partial charge in [-0.05, 0) is 40.8 Å². The van der Waals surface area contributed by atoms with Crippen LogP contribution in [0.25, 0.3) is 0 Å². The van der Waals surface area contributed by atoms with E-state index in [4.69, 9.17) is 5.11 Å². The Morgan fingerprint density at radius 2 is 2.25 bits per heavy atom. The lowest BCUT2D eigenvalue weighted by Crippen LogP contribution is -2.40. The predicted octanol–water partition coefficient (Wildman–Crippen LogP) is 1.81. The molecule has 0 aromatic carbocycles. The average Bonchev–Trinajstić information content (AvgIpc) is 2.55. The lowest BCUT2D eigenvalue weighted by molar-refractivity contribution is -0.139. The van der Waals surface area contributed by atoms with Gasteiger partial charge in [-0.25, -0.2) is 4.79 Å². The Hall–Kier alpha value is -0.950. The smallest absolute Gasteiger partial charge is 0.326 e. The lowest BCUT2D eigenvalue weighted by atomic mass is 10.2. The molecule has 1 atom stereocenters. The fraction of sp³-hybridized carbons (Fsp3) is 0.444. The molecule has 88 valence electrons. The molecule has 5 nitrogen and oxygen atoms in total. The number of rotatable bonds is 4. The highest BCUT2D eigenvalue weighted by Crippen LogP contribution is 2.24. The maximum atomic E-state index is 11.7. The summed E-state index contributed by atoms with van der Waals surface area (Å²) >= 11 is 4.29. The first-order valence-electron chi connectivity index (χ1n) is 4.62. The van der Waals surface area contributed by atoms with Crippen molar-refractivity contribution in [2.45, 2.75) is 26.3 Å². The Balaban J connectivity index is 2.80. The molecule has 0 bridgehead atoms. The van der Waals surface area contributed by atoms with Gasteiger partial charge in [-0.2, -0.15) is 4.37 Å². The first-order chi connectivity index (χ1) is 7.47. The van der Waals surface area contributed by atoms with E-state index < -0.39 is 17.9 Å². The number of nitrogens with one attached hydrogen (secondary N) is 1. The first kappa shape index (κ1) is 13.1. The standard InChI is InChI=1S/C9H11BrN2O3S/c1-3-5(9(14)15)11-8(13)7-6(10)4(2)12-16-7/h5H,3H2,1-2H3,(H,11,13)(H,14,15). The molecule has 0 saturated heterocycles. The average molecular weight is 307 g/mol. The highest BCUT2D eigenvalue weighted by atomic mass is 79.9. The van der Waals surface area contributed by atoms with Gasteiger partial charge in [-0.1, -0.05) is 6.92 Å². The molecule has 16 heavy (non-hydrogen) atoms. The first-order valence-corrected chi connectivity index (χ1v) is 6.19. The van der Waals surface area contributed by atoms with E-state index in [1.807, 2.05) is 0 Å². The number of carboxylic acid groups (broad SMARTS) is 1. The molecule has 0 fully saturated rings. The molecule has 0 aliphatic rings. The summed E-state index contributed by atoms with van der Waals surface area (Å²) in [4.78, 5) is 22.9. The molecule has 0 spiro atoms. The summed E-state index contributed by atoms with van der Waals surface area (Å²) in [6, 6.07) is -0.859. The summed E-state index contributed by atoms with van der Waals surface area (Å²) in [5.41, 5.74) is 0.721. The largest absolute Gasteiger partial charge is 0.480 e. The van der Waals surface area contributed by atoms with Gasteiger partial charge in [0.05, 0.1) is 10.2 Å². The van der Waals surface area contributed by atoms with E-state index in [2.05, 4.69) is 25.6 Å². The van der Waals surface area contributed by atoms with Gasteiger partial charge in [-0.15, -0.1) is 0 Å². The van der Waals surface area contributed by atoms with Gasteiger partial charge in [0.25, 0.3) is 5.91 Å². The van der Waals surface area contributed by atoms with Crippen molar-refractivity contribution in [3.05, 3.63) is 15.0 Å². The van der Waals surface area contributed by atoms with Crippen LogP contribution in [-0.2, 0) is 4.79 Å². The highest BCUT2D eigenvalue weighted by Gasteiger charge is 2.22. The van der Waals surface area contributed by atoms with Gasteiger partial charge >= 0.3 is 5.97 Å². The zero-order valence-electron chi connectivity index (χ0n) is 8.78. The van der Waals surface area contributed by atoms with Gasteiger partial charge < -0.3 is 10.4 Å². The molecule has 0 radical (unpaired) electrons. The van der Waals surface area contributed by atoms with E-state index in [1.165, 1.54) is 0 Å². The van der Waals surface area contributed by atoms with E-state index in [9.17, 15) is 9.59 Å². The van der Waals surface area contributed by atoms with Crippen molar-refractivity contribution in [3.63, 3.8) is 0 Å². The number of amides is 1. The van der Waals surface area contributed by atoms with E-state index in [-0.39, 0.29) is 0 Å². The number of carboxylic acids is 1. The van der Waals surface area contributed by atoms with Crippen LogP contribution in [0.2, 0.25) is 0 Å². The van der Waals surface area contributed by atoms with Crippen LogP contribution >= 0.6 is 27.5 Å². The highest BCUT2D eigenvalue weighted by molar-refractivity contribution is 9.10. The summed E-state index contributed by atoms with van der Waals surface area (Å²) in [6.45, 7) is 3.47. The third-order valence-electron chi connectivity index (χ3n) is 2.01. The van der Waals surface area contributed by atoms with Crippen molar-refractivity contribution in [2.75, 3.05) is 0 Å². The Morgan fingerprint density at radius 3 is 2.62 bits per heavy atom. The molecule has 1 unspecified atom stereocenters. The molecule has 1 amide bonds. The van der Waals surface area contributed by atoms with Crippen molar-refractivity contribution in [1.82, 2.24) is 9.69 Å². The number of nitrogens with zero attached hydrogens (tertiary/aromatic N) is 1. The van der Waals surface area contributed by atoms with E-state index in [0.29, 0.717) is 15.8 Å². The van der Waals surface area contributed by atoms with E-state index >= 15 is 0 Å². The molecule has 1 rings (SSSR count). The molecule has 0 aliphatic carbocycles. The zero-order valence-corrected chi connectivity index (χ0v) is 11.2. The minimum atomic E-state index is -1.03. The van der Waals surface area contributed by atoms with Gasteiger partial charge in [0.2, 0.25) is 0 Å². The predicted molar refractivity (Wildman–Crippen MR) is 63.7 cm³/mol. The number of carbonyl (C=O) groups is 2. The van der Waals surface area contributed by atoms with Gasteiger partial charge in [0.15, 0.2) is 0 Å². The molecule has 7 heteroatoms. The molecule has 0 saturated carbocycles. The molecule has 1 aromatic rings. The monoisotopic (exact) mass is 306 g/mol. The maximum Gasteiger partial charge on any atom is 0.326 e. The molecule has 1 heterocycles. The molecular formula is C9H11BrN2O3S. The second kappa shape index (κ2) is 5.40. The van der Waals surface area contributed by atoms with Crippen LogP contribution in [-0.4, -0.2) is 27.4 Å². The summed E-state index contributed by atoms with van der Waals surface area (Å²) < 4.78 is 4.62. The molecule has 1 aromatic heterocycles. The maximum absolute atomic E-state index is 11.7. The summed E-state index contributed by atoms with van der Waals surface area (Å²) in [6.07, 6.45) is 0.344. The van der Waals surface area contributed by atoms with Crippen molar-refractivity contribution >= 4 is 39.3 Å². The van der Waals surface area contributed by atoms with Crippen LogP contribution in [0, 0.1) is 6.92 Å². The van der Waals surface area contributed by atoms with Crippen molar-refractivity contribution in [1.29, 1.82) is 0 Å². The Labute approximate surface area is 105 Å². The SMILES string of the molecule is CCC(NC(=O)c1snc(C)c1Br)C(=O)O. The second-order valence-electron chi connectivity index (χ2n) is 3.18. The normalized spacial score (nSPS) is 12.2. The van der Waals surface area contributed by atoms with Gasteiger partial charge in [0.1, 0.15) is 10.9 Å². The van der Waals surface area contributed by atoms with Crippen LogP contribution < -0.4 is 5.32 Å². The second-order valence-corrected chi connectivity index (χ2v) is 4.75. The zero-order chi connectivity index (χ0) is 12.3. The third kappa shape index (κ3) is 2.79. The van der Waals surface area contributed by atoms with Crippen LogP contribution in [0.15, 0.2) is 4.47 Å². The number of hydrogen-bond donors (Lipinski definition) is 2. The number of aryl methyl sites for hydroxylation is 1. The number of hydrogen-bond acceptors (Lipinski definition) is 4. The number of carbonyl (C=O) groups excluding carboxylic acids is 1. The number of aliphatic carboxylic acids is 1.